The van der Waals surface area contributed by atoms with Crippen molar-refractivity contribution in [2.24, 2.45) is 0 Å². The molecule has 0 aliphatic rings. The third-order valence-corrected chi connectivity index (χ3v) is 2.99. The molecular formula is C16H28N2O6. The van der Waals surface area contributed by atoms with Crippen molar-refractivity contribution in [3.8, 4) is 0 Å². The molecule has 1 aromatic rings. The monoisotopic (exact) mass is 344 g/mol. The number of rotatable bonds is 6. The molecule has 0 fully saturated rings. The lowest BCUT2D eigenvalue weighted by atomic mass is 10.1. The molecule has 0 aliphatic heterocycles. The van der Waals surface area contributed by atoms with Crippen molar-refractivity contribution in [3.05, 3.63) is 35.4 Å². The van der Waals surface area contributed by atoms with Gasteiger partial charge in [-0.2, -0.15) is 10.1 Å². The van der Waals surface area contributed by atoms with Gasteiger partial charge >= 0.3 is 0 Å². The van der Waals surface area contributed by atoms with Gasteiger partial charge < -0.3 is 19.8 Å². The zero-order chi connectivity index (χ0) is 19.1. The first-order valence-corrected chi connectivity index (χ1v) is 7.83. The van der Waals surface area contributed by atoms with Crippen LogP contribution in [0.5, 0.6) is 0 Å². The quantitative estimate of drug-likeness (QED) is 0.407. The summed E-state index contributed by atoms with van der Waals surface area (Å²) in [5.74, 6) is -2.67. The highest BCUT2D eigenvalue weighted by molar-refractivity contribution is 5.89. The number of carboxylic acid groups (broad SMARTS) is 2. The fraction of sp³-hybridized carbons (Fsp3) is 0.500. The van der Waals surface area contributed by atoms with E-state index in [1.54, 1.807) is 0 Å². The molecule has 8 heteroatoms. The number of hydrogen-bond donors (Lipinski definition) is 4. The Morgan fingerprint density at radius 2 is 0.958 bits per heavy atom. The van der Waals surface area contributed by atoms with Crippen LogP contribution in [0.4, 0.5) is 0 Å². The van der Waals surface area contributed by atoms with Gasteiger partial charge in [-0.05, 0) is 38.8 Å². The molecule has 1 rings (SSSR count). The summed E-state index contributed by atoms with van der Waals surface area (Å²) < 4.78 is 0. The third kappa shape index (κ3) is 12.5. The van der Waals surface area contributed by atoms with Crippen molar-refractivity contribution < 1.29 is 40.3 Å². The van der Waals surface area contributed by atoms with Crippen LogP contribution in [0.3, 0.4) is 0 Å². The Kier molecular flexibility index (Phi) is 14.7. The highest BCUT2D eigenvalue weighted by Gasteiger charge is 1.94. The Morgan fingerprint density at radius 3 is 1.04 bits per heavy atom. The zero-order valence-corrected chi connectivity index (χ0v) is 14.7. The van der Waals surface area contributed by atoms with E-state index in [1.807, 2.05) is 27.7 Å². The van der Waals surface area contributed by atoms with Crippen molar-refractivity contribution in [2.75, 3.05) is 26.2 Å². The standard InChI is InChI=1S/C8H6O4.2C4H11NO/c9-7(10)5-1-2-6(4-3-5)8(11)12;2*1-3-5(6)4-2/h1-4H,(H,9,10)(H,11,12);2*6H,3-4H2,1-2H3. The second-order valence-electron chi connectivity index (χ2n) is 4.70. The average Bonchev–Trinajstić information content (AvgIpc) is 2.61. The van der Waals surface area contributed by atoms with Crippen molar-refractivity contribution in [2.45, 2.75) is 27.7 Å². The predicted molar refractivity (Wildman–Crippen MR) is 82.8 cm³/mol. The maximum atomic E-state index is 10.2. The summed E-state index contributed by atoms with van der Waals surface area (Å²) >= 11 is 0. The van der Waals surface area contributed by atoms with Gasteiger partial charge in [0.25, 0.3) is 0 Å². The van der Waals surface area contributed by atoms with Gasteiger partial charge in [0.15, 0.2) is 0 Å². The number of quaternary nitrogens is 2. The second kappa shape index (κ2) is 14.6. The molecule has 0 radical (unpaired) electrons. The fourth-order valence-corrected chi connectivity index (χ4v) is 1.24. The Bertz CT molecular complexity index is 413. The minimum atomic E-state index is -1.33. The van der Waals surface area contributed by atoms with E-state index in [2.05, 4.69) is 0 Å². The summed E-state index contributed by atoms with van der Waals surface area (Å²) in [6.07, 6.45) is 0. The van der Waals surface area contributed by atoms with E-state index in [-0.39, 0.29) is 11.1 Å². The van der Waals surface area contributed by atoms with E-state index in [1.165, 1.54) is 0 Å². The van der Waals surface area contributed by atoms with Crippen LogP contribution in [0, 0.1) is 0 Å². The molecule has 0 aliphatic carbocycles. The third-order valence-electron chi connectivity index (χ3n) is 2.99. The highest BCUT2D eigenvalue weighted by Crippen LogP contribution is 2.01. The normalized spacial score (nSPS) is 9.67. The van der Waals surface area contributed by atoms with E-state index in [0.717, 1.165) is 50.4 Å². The minimum absolute atomic E-state index is 0.0556. The first-order chi connectivity index (χ1) is 11.2. The van der Waals surface area contributed by atoms with E-state index in [4.69, 9.17) is 10.4 Å². The molecular weight excluding hydrogens is 316 g/mol. The number of carboxylic acids is 2. The SMILES string of the molecule is CC[NH+](O)CC.CC[NH+](O)CC.O=C([O-])c1ccc(C(=O)[O-])cc1. The Balaban J connectivity index is 0. The van der Waals surface area contributed by atoms with Crippen LogP contribution in [-0.2, 0) is 0 Å². The summed E-state index contributed by atoms with van der Waals surface area (Å²) in [5, 5.41) is 38.8. The number of carbonyl (C=O) groups is 2. The number of hydrogen-bond acceptors (Lipinski definition) is 6. The molecule has 138 valence electrons. The van der Waals surface area contributed by atoms with Crippen molar-refractivity contribution in [1.29, 1.82) is 0 Å². The number of aromatic carboxylic acids is 2. The van der Waals surface area contributed by atoms with E-state index < -0.39 is 11.9 Å². The van der Waals surface area contributed by atoms with Crippen LogP contribution in [0.2, 0.25) is 0 Å². The van der Waals surface area contributed by atoms with Crippen LogP contribution >= 0.6 is 0 Å². The Labute approximate surface area is 142 Å². The first kappa shape index (κ1) is 24.3. The molecule has 0 aromatic heterocycles. The summed E-state index contributed by atoms with van der Waals surface area (Å²) in [7, 11) is 0. The molecule has 0 saturated heterocycles. The summed E-state index contributed by atoms with van der Waals surface area (Å²) in [5.41, 5.74) is -0.111. The van der Waals surface area contributed by atoms with Crippen LogP contribution in [0.25, 0.3) is 0 Å². The van der Waals surface area contributed by atoms with Gasteiger partial charge in [-0.1, -0.05) is 24.3 Å². The number of hydroxylamine groups is 4. The van der Waals surface area contributed by atoms with Gasteiger partial charge in [0.1, 0.15) is 26.2 Å². The molecule has 8 nitrogen and oxygen atoms in total. The van der Waals surface area contributed by atoms with Crippen molar-refractivity contribution in [3.63, 3.8) is 0 Å². The molecule has 0 atom stereocenters. The van der Waals surface area contributed by atoms with Gasteiger partial charge in [0.05, 0.1) is 11.9 Å². The van der Waals surface area contributed by atoms with Gasteiger partial charge in [-0.15, -0.1) is 0 Å². The van der Waals surface area contributed by atoms with E-state index in [0.29, 0.717) is 10.1 Å². The van der Waals surface area contributed by atoms with Crippen LogP contribution in [0.1, 0.15) is 48.4 Å². The predicted octanol–water partition coefficient (Wildman–Crippen LogP) is -2.99. The molecule has 1 aromatic carbocycles. The largest absolute Gasteiger partial charge is 0.545 e. The average molecular weight is 344 g/mol. The molecule has 0 amide bonds. The van der Waals surface area contributed by atoms with Crippen LogP contribution < -0.4 is 20.3 Å². The maximum Gasteiger partial charge on any atom is 0.104 e. The van der Waals surface area contributed by atoms with Gasteiger partial charge in [-0.25, -0.2) is 10.4 Å². The van der Waals surface area contributed by atoms with Crippen molar-refractivity contribution >= 4 is 11.9 Å². The summed E-state index contributed by atoms with van der Waals surface area (Å²) in [4.78, 5) is 20.4. The highest BCUT2D eigenvalue weighted by atomic mass is 16.5. The van der Waals surface area contributed by atoms with Crippen LogP contribution in [-0.4, -0.2) is 48.5 Å². The lowest BCUT2D eigenvalue weighted by molar-refractivity contribution is -1.08. The Hall–Kier alpha value is -2.00. The summed E-state index contributed by atoms with van der Waals surface area (Å²) in [6.45, 7) is 11.0. The zero-order valence-electron chi connectivity index (χ0n) is 14.7. The summed E-state index contributed by atoms with van der Waals surface area (Å²) in [6, 6.07) is 4.61. The smallest absolute Gasteiger partial charge is 0.104 e. The van der Waals surface area contributed by atoms with E-state index >= 15 is 0 Å². The van der Waals surface area contributed by atoms with Gasteiger partial charge in [-0.3, -0.25) is 0 Å². The lowest BCUT2D eigenvalue weighted by Crippen LogP contribution is -3.08. The minimum Gasteiger partial charge on any atom is -0.545 e. The maximum absolute atomic E-state index is 10.2. The van der Waals surface area contributed by atoms with Crippen molar-refractivity contribution in [1.82, 2.24) is 0 Å². The Morgan fingerprint density at radius 1 is 0.750 bits per heavy atom. The topological polar surface area (TPSA) is 130 Å². The van der Waals surface area contributed by atoms with E-state index in [9.17, 15) is 19.8 Å². The van der Waals surface area contributed by atoms with Gasteiger partial charge in [0.2, 0.25) is 0 Å². The number of carbonyl (C=O) groups excluding carboxylic acids is 2. The molecule has 24 heavy (non-hydrogen) atoms. The molecule has 4 N–H and O–H groups in total. The van der Waals surface area contributed by atoms with Crippen LogP contribution in [0.15, 0.2) is 24.3 Å². The molecule has 0 unspecified atom stereocenters. The number of benzene rings is 1. The molecule has 0 spiro atoms. The molecule has 0 heterocycles. The van der Waals surface area contributed by atoms with Gasteiger partial charge in [0, 0.05) is 0 Å². The molecule has 0 saturated carbocycles. The first-order valence-electron chi connectivity index (χ1n) is 7.83. The number of nitrogens with one attached hydrogen (secondary N) is 2. The second-order valence-corrected chi connectivity index (χ2v) is 4.70. The fourth-order valence-electron chi connectivity index (χ4n) is 1.24. The molecule has 0 bridgehead atoms. The lowest BCUT2D eigenvalue weighted by Gasteiger charge is -2.04.